The molecule has 58 heavy (non-hydrogen) atoms. The number of nitrogens with one attached hydrogen (secondary N) is 2. The van der Waals surface area contributed by atoms with Crippen LogP contribution in [0.3, 0.4) is 0 Å². The van der Waals surface area contributed by atoms with Crippen LogP contribution in [-0.2, 0) is 25.5 Å². The Kier molecular flexibility index (Phi) is 13.0. The molecular weight excluding hydrogens is 921 g/mol. The van der Waals surface area contributed by atoms with Crippen LogP contribution < -0.4 is 10.5 Å². The van der Waals surface area contributed by atoms with Crippen molar-refractivity contribution in [2.24, 2.45) is 11.8 Å². The van der Waals surface area contributed by atoms with Gasteiger partial charge in [-0.05, 0) is 0 Å². The minimum absolute atomic E-state index is 0.130. The Balaban J connectivity index is 1.76. The second kappa shape index (κ2) is 17.1. The van der Waals surface area contributed by atoms with Crippen LogP contribution in [-0.4, -0.2) is 16.4 Å². The molecule has 0 bridgehead atoms. The molecule has 305 valence electrons. The molecule has 0 heterocycles. The molecule has 2 N–H and O–H groups in total. The third-order valence-electron chi connectivity index (χ3n) is 14.2. The van der Waals surface area contributed by atoms with E-state index in [-0.39, 0.29) is 36.5 Å². The van der Waals surface area contributed by atoms with Gasteiger partial charge in [0.15, 0.2) is 0 Å². The third-order valence-corrected chi connectivity index (χ3v) is 42.4. The second-order valence-electron chi connectivity index (χ2n) is 17.3. The molecule has 0 spiro atoms. The molecule has 0 aromatic heterocycles. The van der Waals surface area contributed by atoms with Gasteiger partial charge in [-0.2, -0.15) is 0 Å². The van der Waals surface area contributed by atoms with Crippen molar-refractivity contribution in [1.82, 2.24) is 10.5 Å². The van der Waals surface area contributed by atoms with Crippen LogP contribution in [0.1, 0.15) is 130 Å². The zero-order chi connectivity index (χ0) is 42.5. The number of fused-ring (bicyclic) bond motifs is 2. The van der Waals surface area contributed by atoms with E-state index < -0.39 is 27.8 Å². The summed E-state index contributed by atoms with van der Waals surface area (Å²) in [6, 6.07) is 22.1. The average molecular weight is 983 g/mol. The van der Waals surface area contributed by atoms with Crippen LogP contribution in [0, 0.1) is 53.4 Å². The summed E-state index contributed by atoms with van der Waals surface area (Å²) in [4.78, 5) is 27.7. The number of hydrogen-bond donors (Lipinski definition) is 2. The summed E-state index contributed by atoms with van der Waals surface area (Å²) in [5.41, 5.74) is 19.1. The first-order valence-corrected chi connectivity index (χ1v) is 36.6. The van der Waals surface area contributed by atoms with Crippen LogP contribution in [0.15, 0.2) is 71.8 Å². The van der Waals surface area contributed by atoms with Gasteiger partial charge < -0.3 is 0 Å². The van der Waals surface area contributed by atoms with E-state index in [1.165, 1.54) is 55.7 Å². The Morgan fingerprint density at radius 2 is 0.966 bits per heavy atom. The van der Waals surface area contributed by atoms with Crippen molar-refractivity contribution in [2.45, 2.75) is 116 Å². The first kappa shape index (κ1) is 44.4. The van der Waals surface area contributed by atoms with E-state index in [1.807, 2.05) is 13.8 Å². The van der Waals surface area contributed by atoms with Crippen molar-refractivity contribution in [3.8, 4) is 22.3 Å². The summed E-state index contributed by atoms with van der Waals surface area (Å²) in [5, 5.41) is 6.66. The van der Waals surface area contributed by atoms with Crippen molar-refractivity contribution < 1.29 is 25.5 Å². The zero-order valence-corrected chi connectivity index (χ0v) is 41.8. The molecule has 0 saturated carbocycles. The van der Waals surface area contributed by atoms with Crippen molar-refractivity contribution >= 4 is 45.7 Å². The SMILES string of the molecule is CCC(=O)N[B](NC(=O)CC)[Hf]([Cl])([Cl])([CH]1C(C(C)CC)=Cc2c(-c3ccc(C)c(C)c3C)cccc21)[CH]1C(C(C)CC)=Cc2c(-c3ccc(C)c(C)c3C)cccc21. The minimum atomic E-state index is -6.28. The standard InChI is InChI=1S/2C22H25.C6H11BN2O2.2ClH.Hf/c2*1-6-14(2)19-12-18-8-7-9-21(22(18)13-19)20-11-10-15(3)16(4)17(20)5;1-3-5(10)8-7-9-6(11)4-2;;;/h2*7-14H,6H2,1-5H3;3-4H2,1-2H3,(H-,8,9,10,11);2*1H;/q;;;;;+1/p-1. The van der Waals surface area contributed by atoms with E-state index in [0.717, 1.165) is 46.2 Å². The number of rotatable bonds is 13. The van der Waals surface area contributed by atoms with Gasteiger partial charge in [0.25, 0.3) is 0 Å². The van der Waals surface area contributed by atoms with Gasteiger partial charge in [0.1, 0.15) is 0 Å². The maximum absolute atomic E-state index is 13.8. The molecular formula is C50H62BCl2HfN2O2. The number of allylic oxidation sites excluding steroid dienone is 2. The van der Waals surface area contributed by atoms with Gasteiger partial charge in [0, 0.05) is 0 Å². The topological polar surface area (TPSA) is 58.2 Å². The molecule has 4 aromatic rings. The predicted molar refractivity (Wildman–Crippen MR) is 247 cm³/mol. The van der Waals surface area contributed by atoms with Gasteiger partial charge >= 0.3 is 359 Å². The Morgan fingerprint density at radius 1 is 0.586 bits per heavy atom. The molecule has 0 fully saturated rings. The van der Waals surface area contributed by atoms with Crippen LogP contribution in [0.2, 0.25) is 0 Å². The van der Waals surface area contributed by atoms with Gasteiger partial charge in [-0.25, -0.2) is 0 Å². The number of carbonyl (C=O) groups excluding carboxylic acids is 2. The molecule has 8 heteroatoms. The van der Waals surface area contributed by atoms with Crippen LogP contribution in [0.4, 0.5) is 0 Å². The molecule has 0 radical (unpaired) electrons. The summed E-state index contributed by atoms with van der Waals surface area (Å²) in [6.45, 7) is 25.8. The van der Waals surface area contributed by atoms with Gasteiger partial charge in [-0.15, -0.1) is 0 Å². The summed E-state index contributed by atoms with van der Waals surface area (Å²) in [6.07, 6.45) is 6.97. The molecule has 0 aliphatic heterocycles. The van der Waals surface area contributed by atoms with E-state index >= 15 is 0 Å². The van der Waals surface area contributed by atoms with Gasteiger partial charge in [0.05, 0.1) is 0 Å². The van der Waals surface area contributed by atoms with Crippen molar-refractivity contribution in [2.75, 3.05) is 0 Å². The van der Waals surface area contributed by atoms with Crippen LogP contribution >= 0.6 is 17.2 Å². The van der Waals surface area contributed by atoms with Gasteiger partial charge in [-0.1, -0.05) is 0 Å². The first-order valence-electron chi connectivity index (χ1n) is 21.4. The number of carbonyl (C=O) groups is 2. The summed E-state index contributed by atoms with van der Waals surface area (Å²) < 4.78 is -1.77. The Morgan fingerprint density at radius 3 is 1.31 bits per heavy atom. The predicted octanol–water partition coefficient (Wildman–Crippen LogP) is 13.6. The zero-order valence-electron chi connectivity index (χ0n) is 36.7. The van der Waals surface area contributed by atoms with E-state index in [9.17, 15) is 9.59 Å². The summed E-state index contributed by atoms with van der Waals surface area (Å²) >= 11 is -6.28. The fourth-order valence-electron chi connectivity index (χ4n) is 9.71. The fourth-order valence-corrected chi connectivity index (χ4v) is 39.5. The molecule has 4 nitrogen and oxygen atoms in total. The molecule has 0 saturated heterocycles. The number of aryl methyl sites for hydroxylation is 2. The van der Waals surface area contributed by atoms with Gasteiger partial charge in [0.2, 0.25) is 0 Å². The van der Waals surface area contributed by atoms with Crippen LogP contribution in [0.5, 0.6) is 0 Å². The molecule has 4 unspecified atom stereocenters. The number of amides is 2. The van der Waals surface area contributed by atoms with Crippen LogP contribution in [0.25, 0.3) is 34.4 Å². The van der Waals surface area contributed by atoms with E-state index in [4.69, 9.17) is 17.2 Å². The quantitative estimate of drug-likeness (QED) is 0.131. The summed E-state index contributed by atoms with van der Waals surface area (Å²) in [7, 11) is 18.1. The maximum atomic E-state index is 13.8. The Hall–Kier alpha value is -3.18. The monoisotopic (exact) mass is 983 g/mol. The molecule has 6 rings (SSSR count). The number of benzene rings is 4. The fraction of sp³-hybridized carbons (Fsp3) is 0.400. The molecule has 4 atom stereocenters. The van der Waals surface area contributed by atoms with Crippen molar-refractivity contribution in [3.63, 3.8) is 0 Å². The molecule has 2 aliphatic rings. The first-order chi connectivity index (χ1) is 27.4. The second-order valence-corrected chi connectivity index (χ2v) is 47.7. The number of hydrogen-bond acceptors (Lipinski definition) is 2. The van der Waals surface area contributed by atoms with Crippen molar-refractivity contribution in [1.29, 1.82) is 0 Å². The Bertz CT molecular complexity index is 2200. The summed E-state index contributed by atoms with van der Waals surface area (Å²) in [5.74, 6) is -0.122. The van der Waals surface area contributed by atoms with E-state index in [0.29, 0.717) is 0 Å². The normalized spacial score (nSPS) is 17.7. The third kappa shape index (κ3) is 7.36. The molecule has 4 aromatic carbocycles. The van der Waals surface area contributed by atoms with E-state index in [2.05, 4.69) is 153 Å². The molecule has 2 aliphatic carbocycles. The van der Waals surface area contributed by atoms with Crippen molar-refractivity contribution in [3.05, 3.63) is 127 Å². The van der Waals surface area contributed by atoms with E-state index in [1.54, 1.807) is 0 Å². The Labute approximate surface area is 356 Å². The van der Waals surface area contributed by atoms with Gasteiger partial charge in [-0.3, -0.25) is 0 Å². The number of halogens is 2. The molecule has 2 amide bonds. The average Bonchev–Trinajstić information content (AvgIpc) is 3.83.